The highest BCUT2D eigenvalue weighted by Gasteiger charge is 2.53. The largest absolute Gasteiger partial charge is 0.370 e. The lowest BCUT2D eigenvalue weighted by atomic mass is 9.59. The molecule has 2 fully saturated rings. The highest BCUT2D eigenvalue weighted by atomic mass is 16.5. The Bertz CT molecular complexity index is 257. The van der Waals surface area contributed by atoms with Crippen molar-refractivity contribution in [2.45, 2.75) is 51.6 Å². The van der Waals surface area contributed by atoms with E-state index in [1.807, 2.05) is 0 Å². The lowest BCUT2D eigenvalue weighted by Gasteiger charge is -2.49. The topological polar surface area (TPSA) is 26.3 Å². The van der Waals surface area contributed by atoms with Crippen molar-refractivity contribution in [2.75, 3.05) is 7.11 Å². The molecule has 2 atom stereocenters. The highest BCUT2D eigenvalue weighted by molar-refractivity contribution is 5.93. The van der Waals surface area contributed by atoms with Gasteiger partial charge in [0.25, 0.3) is 0 Å². The van der Waals surface area contributed by atoms with Crippen LogP contribution in [0.2, 0.25) is 0 Å². The van der Waals surface area contributed by atoms with E-state index in [2.05, 4.69) is 13.8 Å². The van der Waals surface area contributed by atoms with E-state index in [0.717, 1.165) is 25.7 Å². The number of fused-ring (bicyclic) bond motifs is 2. The Labute approximate surface area is 86.0 Å². The van der Waals surface area contributed by atoms with Crippen molar-refractivity contribution in [3.63, 3.8) is 0 Å². The fraction of sp³-hybridized carbons (Fsp3) is 0.917. The zero-order valence-corrected chi connectivity index (χ0v) is 9.43. The molecule has 80 valence electrons. The predicted octanol–water partition coefficient (Wildman–Crippen LogP) is 2.56. The van der Waals surface area contributed by atoms with Gasteiger partial charge < -0.3 is 4.74 Å². The van der Waals surface area contributed by atoms with E-state index in [9.17, 15) is 4.79 Å². The Morgan fingerprint density at radius 2 is 2.07 bits per heavy atom. The molecule has 0 aromatic carbocycles. The molecule has 0 heterocycles. The smallest absolute Gasteiger partial charge is 0.170 e. The van der Waals surface area contributed by atoms with Crippen molar-refractivity contribution in [1.29, 1.82) is 0 Å². The van der Waals surface area contributed by atoms with Crippen molar-refractivity contribution in [3.05, 3.63) is 0 Å². The van der Waals surface area contributed by atoms with Gasteiger partial charge in [-0.1, -0.05) is 20.3 Å². The van der Waals surface area contributed by atoms with Gasteiger partial charge in [-0.3, -0.25) is 4.79 Å². The standard InChI is InChI=1S/C12H20O2/c1-11(2)7-9-5-4-6-12(8-9,14-3)10(11)13/h9H,4-8H2,1-3H3. The first kappa shape index (κ1) is 10.2. The first-order valence-electron chi connectivity index (χ1n) is 5.60. The van der Waals surface area contributed by atoms with Crippen LogP contribution in [-0.2, 0) is 9.53 Å². The summed E-state index contributed by atoms with van der Waals surface area (Å²) in [5.41, 5.74) is -0.593. The fourth-order valence-electron chi connectivity index (χ4n) is 3.44. The average molecular weight is 196 g/mol. The monoisotopic (exact) mass is 196 g/mol. The van der Waals surface area contributed by atoms with Crippen LogP contribution in [0.15, 0.2) is 0 Å². The number of Topliss-reactive ketones (excluding diaryl/α,β-unsaturated/α-hetero) is 1. The SMILES string of the molecule is COC12CCCC(CC(C)(C)C1=O)C2. The number of hydrogen-bond acceptors (Lipinski definition) is 2. The van der Waals surface area contributed by atoms with Gasteiger partial charge in [-0.25, -0.2) is 0 Å². The van der Waals surface area contributed by atoms with Crippen LogP contribution in [-0.4, -0.2) is 18.5 Å². The van der Waals surface area contributed by atoms with Gasteiger partial charge >= 0.3 is 0 Å². The summed E-state index contributed by atoms with van der Waals surface area (Å²) in [6.07, 6.45) is 5.38. The van der Waals surface area contributed by atoms with Crippen LogP contribution in [0.4, 0.5) is 0 Å². The maximum atomic E-state index is 12.3. The molecule has 0 radical (unpaired) electrons. The first-order valence-corrected chi connectivity index (χ1v) is 5.60. The molecule has 0 aliphatic heterocycles. The van der Waals surface area contributed by atoms with Crippen LogP contribution >= 0.6 is 0 Å². The molecule has 2 bridgehead atoms. The third-order valence-corrected chi connectivity index (χ3v) is 4.03. The Hall–Kier alpha value is -0.370. The maximum Gasteiger partial charge on any atom is 0.170 e. The Morgan fingerprint density at radius 1 is 1.36 bits per heavy atom. The summed E-state index contributed by atoms with van der Waals surface area (Å²) in [6, 6.07) is 0. The van der Waals surface area contributed by atoms with Gasteiger partial charge in [-0.05, 0) is 31.6 Å². The second-order valence-electron chi connectivity index (χ2n) is 5.58. The minimum Gasteiger partial charge on any atom is -0.370 e. The third kappa shape index (κ3) is 1.31. The maximum absolute atomic E-state index is 12.3. The normalized spacial score (nSPS) is 41.1. The molecule has 0 aromatic heterocycles. The van der Waals surface area contributed by atoms with E-state index in [-0.39, 0.29) is 5.41 Å². The van der Waals surface area contributed by atoms with E-state index >= 15 is 0 Å². The van der Waals surface area contributed by atoms with E-state index < -0.39 is 5.60 Å². The summed E-state index contributed by atoms with van der Waals surface area (Å²) >= 11 is 0. The summed E-state index contributed by atoms with van der Waals surface area (Å²) in [7, 11) is 1.70. The zero-order chi connectivity index (χ0) is 10.4. The molecule has 14 heavy (non-hydrogen) atoms. The Morgan fingerprint density at radius 3 is 2.71 bits per heavy atom. The second-order valence-corrected chi connectivity index (χ2v) is 5.58. The Kier molecular flexibility index (Phi) is 2.22. The average Bonchev–Trinajstić information content (AvgIpc) is 2.14. The molecule has 2 heteroatoms. The predicted molar refractivity (Wildman–Crippen MR) is 55.1 cm³/mol. The van der Waals surface area contributed by atoms with Crippen LogP contribution in [0.3, 0.4) is 0 Å². The van der Waals surface area contributed by atoms with Crippen LogP contribution in [0.5, 0.6) is 0 Å². The molecule has 2 rings (SSSR count). The number of hydrogen-bond donors (Lipinski definition) is 0. The van der Waals surface area contributed by atoms with Crippen LogP contribution in [0.25, 0.3) is 0 Å². The lowest BCUT2D eigenvalue weighted by Crippen LogP contribution is -2.55. The summed E-state index contributed by atoms with van der Waals surface area (Å²) in [5, 5.41) is 0. The first-order chi connectivity index (χ1) is 6.50. The highest BCUT2D eigenvalue weighted by Crippen LogP contribution is 2.49. The van der Waals surface area contributed by atoms with Crippen molar-refractivity contribution >= 4 is 5.78 Å². The molecular weight excluding hydrogens is 176 g/mol. The minimum atomic E-state index is -0.426. The van der Waals surface area contributed by atoms with Crippen molar-refractivity contribution in [2.24, 2.45) is 11.3 Å². The van der Waals surface area contributed by atoms with Crippen molar-refractivity contribution < 1.29 is 9.53 Å². The van der Waals surface area contributed by atoms with E-state index in [0.29, 0.717) is 11.7 Å². The Balaban J connectivity index is 2.33. The fourth-order valence-corrected chi connectivity index (χ4v) is 3.44. The summed E-state index contributed by atoms with van der Waals surface area (Å²) in [4.78, 5) is 12.3. The van der Waals surface area contributed by atoms with Gasteiger partial charge in [0.05, 0.1) is 0 Å². The number of ether oxygens (including phenoxy) is 1. The molecule has 2 nitrogen and oxygen atoms in total. The van der Waals surface area contributed by atoms with Crippen LogP contribution in [0.1, 0.15) is 46.0 Å². The van der Waals surface area contributed by atoms with Gasteiger partial charge in [0.1, 0.15) is 5.60 Å². The second kappa shape index (κ2) is 3.06. The number of carbonyl (C=O) groups is 1. The number of carbonyl (C=O) groups excluding carboxylic acids is 1. The molecule has 2 saturated carbocycles. The van der Waals surface area contributed by atoms with Crippen LogP contribution in [0, 0.1) is 11.3 Å². The number of ketones is 1. The minimum absolute atomic E-state index is 0.167. The van der Waals surface area contributed by atoms with Gasteiger partial charge in [-0.2, -0.15) is 0 Å². The zero-order valence-electron chi connectivity index (χ0n) is 9.43. The summed E-state index contributed by atoms with van der Waals surface area (Å²) in [5.74, 6) is 1.04. The third-order valence-electron chi connectivity index (χ3n) is 4.03. The molecule has 0 amide bonds. The van der Waals surface area contributed by atoms with E-state index in [1.165, 1.54) is 6.42 Å². The molecule has 2 aliphatic rings. The molecule has 0 N–H and O–H groups in total. The molecular formula is C12H20O2. The van der Waals surface area contributed by atoms with Gasteiger partial charge in [0.2, 0.25) is 0 Å². The quantitative estimate of drug-likeness (QED) is 0.644. The molecule has 0 spiro atoms. The van der Waals surface area contributed by atoms with E-state index in [4.69, 9.17) is 4.74 Å². The summed E-state index contributed by atoms with van der Waals surface area (Å²) in [6.45, 7) is 4.14. The molecule has 2 unspecified atom stereocenters. The molecule has 2 aliphatic carbocycles. The van der Waals surface area contributed by atoms with Crippen molar-refractivity contribution in [3.8, 4) is 0 Å². The van der Waals surface area contributed by atoms with Gasteiger partial charge in [0, 0.05) is 12.5 Å². The van der Waals surface area contributed by atoms with Gasteiger partial charge in [0.15, 0.2) is 5.78 Å². The summed E-state index contributed by atoms with van der Waals surface area (Å²) < 4.78 is 5.55. The van der Waals surface area contributed by atoms with Gasteiger partial charge in [-0.15, -0.1) is 0 Å². The van der Waals surface area contributed by atoms with Crippen LogP contribution < -0.4 is 0 Å². The lowest BCUT2D eigenvalue weighted by molar-refractivity contribution is -0.166. The van der Waals surface area contributed by atoms with E-state index in [1.54, 1.807) is 7.11 Å². The number of methoxy groups -OCH3 is 1. The number of rotatable bonds is 1. The molecule has 0 aromatic rings. The molecule has 0 saturated heterocycles. The van der Waals surface area contributed by atoms with Crippen molar-refractivity contribution in [1.82, 2.24) is 0 Å².